The maximum absolute atomic E-state index is 11.7. The first-order valence-electron chi connectivity index (χ1n) is 6.15. The van der Waals surface area contributed by atoms with Crippen molar-refractivity contribution in [1.29, 1.82) is 0 Å². The van der Waals surface area contributed by atoms with Crippen molar-refractivity contribution in [2.24, 2.45) is 0 Å². The molecule has 0 aromatic carbocycles. The van der Waals surface area contributed by atoms with E-state index in [0.29, 0.717) is 38.9 Å². The van der Waals surface area contributed by atoms with Crippen LogP contribution in [0.15, 0.2) is 0 Å². The minimum Gasteiger partial charge on any atom is -0.348 e. The van der Waals surface area contributed by atoms with E-state index in [1.54, 1.807) is 0 Å². The van der Waals surface area contributed by atoms with Gasteiger partial charge in [-0.05, 0) is 12.8 Å². The second-order valence-corrected chi connectivity index (χ2v) is 9.42. The topological polar surface area (TPSA) is 98.8 Å². The summed E-state index contributed by atoms with van der Waals surface area (Å²) in [6, 6.07) is -0.245. The Morgan fingerprint density at radius 2 is 1.63 bits per heavy atom. The van der Waals surface area contributed by atoms with Gasteiger partial charge in [-0.15, -0.1) is 0 Å². The highest BCUT2D eigenvalue weighted by Gasteiger charge is 2.41. The Bertz CT molecular complexity index is 510. The molecule has 1 heterocycles. The molecule has 1 aliphatic carbocycles. The first kappa shape index (κ1) is 15.2. The Balaban J connectivity index is 1.88. The molecule has 1 N–H and O–H groups in total. The van der Waals surface area contributed by atoms with Gasteiger partial charge in [-0.2, -0.15) is 0 Å². The zero-order valence-electron chi connectivity index (χ0n) is 10.8. The quantitative estimate of drug-likeness (QED) is 0.758. The van der Waals surface area contributed by atoms with Gasteiger partial charge in [0.1, 0.15) is 0 Å². The molecule has 1 saturated heterocycles. The summed E-state index contributed by atoms with van der Waals surface area (Å²) in [7, 11) is -7.35. The highest BCUT2D eigenvalue weighted by atomic mass is 32.3. The van der Waals surface area contributed by atoms with Crippen LogP contribution in [0.25, 0.3) is 0 Å². The lowest BCUT2D eigenvalue weighted by Gasteiger charge is -2.35. The first-order chi connectivity index (χ1) is 8.70. The fourth-order valence-corrected chi connectivity index (χ4v) is 5.80. The summed E-state index contributed by atoms with van der Waals surface area (Å²) < 4.78 is 58.9. The Hall–Kier alpha value is -0.220. The fraction of sp³-hybridized carbons (Fsp3) is 1.00. The van der Waals surface area contributed by atoms with Crippen LogP contribution < -0.4 is 4.72 Å². The lowest BCUT2D eigenvalue weighted by atomic mass is 9.91. The van der Waals surface area contributed by atoms with E-state index in [2.05, 4.69) is 4.72 Å². The molecule has 0 unspecified atom stereocenters. The van der Waals surface area contributed by atoms with Gasteiger partial charge >= 0.3 is 0 Å². The number of nitrogens with one attached hydrogen (secondary N) is 1. The first-order valence-corrected chi connectivity index (χ1v) is 9.87. The summed E-state index contributed by atoms with van der Waals surface area (Å²) in [5.41, 5.74) is 0. The molecule has 0 amide bonds. The van der Waals surface area contributed by atoms with E-state index in [0.717, 1.165) is 6.26 Å². The van der Waals surface area contributed by atoms with E-state index >= 15 is 0 Å². The predicted molar refractivity (Wildman–Crippen MR) is 68.7 cm³/mol. The maximum atomic E-state index is 11.7. The molecule has 0 radical (unpaired) electrons. The predicted octanol–water partition coefficient (Wildman–Crippen LogP) is -0.406. The van der Waals surface area contributed by atoms with Gasteiger partial charge in [-0.3, -0.25) is 0 Å². The zero-order chi connectivity index (χ0) is 14.1. The average molecular weight is 313 g/mol. The SMILES string of the molecule is CS(=O)(=O)CS(=O)(=O)NC1CCC2(CC1)OCCO2. The van der Waals surface area contributed by atoms with Crippen LogP contribution in [-0.2, 0) is 29.3 Å². The van der Waals surface area contributed by atoms with Gasteiger partial charge in [0.2, 0.25) is 10.0 Å². The van der Waals surface area contributed by atoms with Gasteiger partial charge in [0.15, 0.2) is 20.7 Å². The summed E-state index contributed by atoms with van der Waals surface area (Å²) >= 11 is 0. The number of sulfone groups is 1. The number of rotatable bonds is 4. The Morgan fingerprint density at radius 3 is 2.11 bits per heavy atom. The number of hydrogen-bond donors (Lipinski definition) is 1. The second kappa shape index (κ2) is 5.28. The van der Waals surface area contributed by atoms with E-state index in [1.165, 1.54) is 0 Å². The minimum absolute atomic E-state index is 0.245. The Kier molecular flexibility index (Phi) is 4.22. The summed E-state index contributed by atoms with van der Waals surface area (Å²) in [5.74, 6) is -0.543. The van der Waals surface area contributed by atoms with Crippen LogP contribution >= 0.6 is 0 Å². The van der Waals surface area contributed by atoms with E-state index in [1.807, 2.05) is 0 Å². The summed E-state index contributed by atoms with van der Waals surface area (Å²) in [5, 5.41) is -0.866. The molecule has 0 aromatic heterocycles. The Labute approximate surface area is 113 Å². The third kappa shape index (κ3) is 4.38. The molecular formula is C10H19NO6S2. The third-order valence-corrected chi connectivity index (χ3v) is 6.92. The molecule has 1 saturated carbocycles. The normalized spacial score (nSPS) is 24.9. The highest BCUT2D eigenvalue weighted by molar-refractivity contribution is 8.06. The van der Waals surface area contributed by atoms with Crippen molar-refractivity contribution >= 4 is 19.9 Å². The van der Waals surface area contributed by atoms with Gasteiger partial charge in [-0.1, -0.05) is 0 Å². The molecule has 2 rings (SSSR count). The zero-order valence-corrected chi connectivity index (χ0v) is 12.4. The Morgan fingerprint density at radius 1 is 1.11 bits per heavy atom. The number of ether oxygens (including phenoxy) is 2. The largest absolute Gasteiger partial charge is 0.348 e. The molecule has 0 aromatic rings. The lowest BCUT2D eigenvalue weighted by Crippen LogP contribution is -2.45. The van der Waals surface area contributed by atoms with Crippen molar-refractivity contribution in [2.45, 2.75) is 37.5 Å². The molecule has 112 valence electrons. The van der Waals surface area contributed by atoms with Crippen molar-refractivity contribution in [1.82, 2.24) is 4.72 Å². The molecule has 2 aliphatic rings. The average Bonchev–Trinajstić information content (AvgIpc) is 2.67. The van der Waals surface area contributed by atoms with Gasteiger partial charge in [0.05, 0.1) is 13.2 Å². The summed E-state index contributed by atoms with van der Waals surface area (Å²) in [4.78, 5) is 0. The van der Waals surface area contributed by atoms with Crippen LogP contribution in [0.1, 0.15) is 25.7 Å². The smallest absolute Gasteiger partial charge is 0.226 e. The van der Waals surface area contributed by atoms with Crippen LogP contribution in [0, 0.1) is 0 Å². The van der Waals surface area contributed by atoms with Crippen LogP contribution in [0.4, 0.5) is 0 Å². The van der Waals surface area contributed by atoms with Gasteiger partial charge in [-0.25, -0.2) is 21.6 Å². The van der Waals surface area contributed by atoms with Gasteiger partial charge in [0.25, 0.3) is 0 Å². The monoisotopic (exact) mass is 313 g/mol. The molecule has 0 bridgehead atoms. The second-order valence-electron chi connectivity index (χ2n) is 5.16. The minimum atomic E-state index is -3.79. The summed E-state index contributed by atoms with van der Waals surface area (Å²) in [6.45, 7) is 1.15. The van der Waals surface area contributed by atoms with E-state index in [-0.39, 0.29) is 6.04 Å². The van der Waals surface area contributed by atoms with Crippen molar-refractivity contribution in [3.05, 3.63) is 0 Å². The number of sulfonamides is 1. The van der Waals surface area contributed by atoms with E-state index < -0.39 is 30.7 Å². The standard InChI is InChI=1S/C10H19NO6S2/c1-18(12,13)8-19(14,15)11-9-2-4-10(5-3-9)16-6-7-17-10/h9,11H,2-8H2,1H3. The van der Waals surface area contributed by atoms with Crippen molar-refractivity contribution in [3.8, 4) is 0 Å². The highest BCUT2D eigenvalue weighted by Crippen LogP contribution is 2.35. The van der Waals surface area contributed by atoms with Crippen LogP contribution in [-0.4, -0.2) is 53.2 Å². The van der Waals surface area contributed by atoms with Crippen molar-refractivity contribution < 1.29 is 26.3 Å². The molecule has 19 heavy (non-hydrogen) atoms. The third-order valence-electron chi connectivity index (χ3n) is 3.28. The van der Waals surface area contributed by atoms with Crippen LogP contribution in [0.2, 0.25) is 0 Å². The molecule has 1 aliphatic heterocycles. The lowest BCUT2D eigenvalue weighted by molar-refractivity contribution is -0.178. The molecule has 9 heteroatoms. The van der Waals surface area contributed by atoms with Gasteiger partial charge < -0.3 is 9.47 Å². The van der Waals surface area contributed by atoms with Gasteiger partial charge in [0, 0.05) is 25.1 Å². The van der Waals surface area contributed by atoms with E-state index in [4.69, 9.17) is 9.47 Å². The maximum Gasteiger partial charge on any atom is 0.226 e. The molecule has 2 fully saturated rings. The van der Waals surface area contributed by atoms with E-state index in [9.17, 15) is 16.8 Å². The van der Waals surface area contributed by atoms with Crippen molar-refractivity contribution in [2.75, 3.05) is 24.6 Å². The van der Waals surface area contributed by atoms with Crippen LogP contribution in [0.3, 0.4) is 0 Å². The van der Waals surface area contributed by atoms with Crippen LogP contribution in [0.5, 0.6) is 0 Å². The fourth-order valence-electron chi connectivity index (χ4n) is 2.53. The molecular weight excluding hydrogens is 294 g/mol. The molecule has 7 nitrogen and oxygen atoms in total. The molecule has 0 atom stereocenters. The number of hydrogen-bond acceptors (Lipinski definition) is 6. The van der Waals surface area contributed by atoms with Crippen molar-refractivity contribution in [3.63, 3.8) is 0 Å². The summed E-state index contributed by atoms with van der Waals surface area (Å²) in [6.07, 6.45) is 3.33. The molecule has 1 spiro atoms.